The molecule has 2 heterocycles. The molecule has 164 valence electrons. The summed E-state index contributed by atoms with van der Waals surface area (Å²) in [6.07, 6.45) is 2.77. The Hall–Kier alpha value is -2.19. The Morgan fingerprint density at radius 2 is 1.97 bits per heavy atom. The smallest absolute Gasteiger partial charge is 0.254 e. The van der Waals surface area contributed by atoms with Gasteiger partial charge in [0.1, 0.15) is 17.1 Å². The summed E-state index contributed by atoms with van der Waals surface area (Å²) in [4.78, 5) is 19.7. The van der Waals surface area contributed by atoms with Crippen LogP contribution < -0.4 is 0 Å². The van der Waals surface area contributed by atoms with E-state index in [0.29, 0.717) is 35.0 Å². The number of carbonyl (C=O) groups is 1. The largest absolute Gasteiger partial charge is 0.445 e. The van der Waals surface area contributed by atoms with E-state index in [-0.39, 0.29) is 23.6 Å². The lowest BCUT2D eigenvalue weighted by molar-refractivity contribution is 0.0594. The van der Waals surface area contributed by atoms with Gasteiger partial charge in [-0.2, -0.15) is 0 Å². The molecule has 1 N–H and O–H groups in total. The molecule has 7 nitrogen and oxygen atoms in total. The molecule has 2 atom stereocenters. The van der Waals surface area contributed by atoms with E-state index in [2.05, 4.69) is 4.98 Å². The number of nitrogens with zero attached hydrogens (tertiary/aromatic N) is 2. The van der Waals surface area contributed by atoms with E-state index >= 15 is 0 Å². The van der Waals surface area contributed by atoms with Gasteiger partial charge in [0.05, 0.1) is 11.7 Å². The van der Waals surface area contributed by atoms with Crippen LogP contribution in [0.1, 0.15) is 72.8 Å². The first-order valence-electron chi connectivity index (χ1n) is 10.1. The molecule has 8 heteroatoms. The van der Waals surface area contributed by atoms with Crippen molar-refractivity contribution in [1.29, 1.82) is 0 Å². The zero-order valence-corrected chi connectivity index (χ0v) is 19.0. The second-order valence-corrected chi connectivity index (χ2v) is 11.0. The lowest BCUT2D eigenvalue weighted by Gasteiger charge is -2.37. The third-order valence-corrected chi connectivity index (χ3v) is 6.39. The Kier molecular flexibility index (Phi) is 6.11. The average molecular weight is 435 g/mol. The molecule has 3 rings (SSSR count). The van der Waals surface area contributed by atoms with Gasteiger partial charge < -0.3 is 14.4 Å². The fraction of sp³-hybridized carbons (Fsp3) is 0.545. The molecule has 0 radical (unpaired) electrons. The SMILES string of the molecule is Cc1oc([C@@H]2CC[C@@H](C)N(C(=O)c3ccccc3CS(C)(=O)=O)C2)nc1C(C)(C)O. The molecular formula is C22H30N2O5S. The molecule has 1 aliphatic heterocycles. The third kappa shape index (κ3) is 4.92. The Balaban J connectivity index is 1.88. The van der Waals surface area contributed by atoms with Crippen LogP contribution in [0.3, 0.4) is 0 Å². The van der Waals surface area contributed by atoms with Gasteiger partial charge in [0.2, 0.25) is 0 Å². The lowest BCUT2D eigenvalue weighted by atomic mass is 9.92. The number of aliphatic hydroxyl groups is 1. The second kappa shape index (κ2) is 8.15. The van der Waals surface area contributed by atoms with Crippen LogP contribution in [0.5, 0.6) is 0 Å². The first-order valence-corrected chi connectivity index (χ1v) is 12.2. The first-order chi connectivity index (χ1) is 13.9. The molecule has 1 amide bonds. The molecule has 0 spiro atoms. The van der Waals surface area contributed by atoms with Gasteiger partial charge in [-0.05, 0) is 52.2 Å². The number of benzene rings is 1. The molecule has 1 fully saturated rings. The van der Waals surface area contributed by atoms with Crippen molar-refractivity contribution in [3.63, 3.8) is 0 Å². The molecule has 1 aliphatic rings. The number of carbonyl (C=O) groups excluding carboxylic acids is 1. The van der Waals surface area contributed by atoms with E-state index in [1.165, 1.54) is 6.26 Å². The number of amides is 1. The number of sulfone groups is 1. The fourth-order valence-electron chi connectivity index (χ4n) is 4.04. The standard InChI is InChI=1S/C22H30N2O5S/c1-14-10-11-16(20-23-19(15(2)29-20)22(3,4)26)12-24(14)21(25)18-9-7-6-8-17(18)13-30(5,27)28/h6-9,14,16,26H,10-13H2,1-5H3/t14-,16-/m1/s1. The summed E-state index contributed by atoms with van der Waals surface area (Å²) < 4.78 is 29.5. The van der Waals surface area contributed by atoms with Crippen molar-refractivity contribution in [2.45, 2.75) is 63.9 Å². The zero-order chi connectivity index (χ0) is 22.3. The van der Waals surface area contributed by atoms with Crippen molar-refractivity contribution in [1.82, 2.24) is 9.88 Å². The number of oxazole rings is 1. The maximum atomic E-state index is 13.4. The van der Waals surface area contributed by atoms with Crippen molar-refractivity contribution in [2.24, 2.45) is 0 Å². The number of hydrogen-bond donors (Lipinski definition) is 1. The van der Waals surface area contributed by atoms with Crippen molar-refractivity contribution >= 4 is 15.7 Å². The summed E-state index contributed by atoms with van der Waals surface area (Å²) in [5.74, 6) is 0.666. The average Bonchev–Trinajstić information content (AvgIpc) is 3.03. The minimum atomic E-state index is -3.27. The van der Waals surface area contributed by atoms with Gasteiger partial charge in [-0.1, -0.05) is 18.2 Å². The van der Waals surface area contributed by atoms with Gasteiger partial charge in [0, 0.05) is 24.4 Å². The Morgan fingerprint density at radius 3 is 2.57 bits per heavy atom. The summed E-state index contributed by atoms with van der Waals surface area (Å²) in [6.45, 7) is 7.53. The van der Waals surface area contributed by atoms with Crippen LogP contribution in [-0.4, -0.2) is 48.2 Å². The van der Waals surface area contributed by atoms with E-state index in [0.717, 1.165) is 12.8 Å². The molecule has 30 heavy (non-hydrogen) atoms. The van der Waals surface area contributed by atoms with Crippen molar-refractivity contribution in [3.8, 4) is 0 Å². The molecule has 0 aliphatic carbocycles. The maximum absolute atomic E-state index is 13.4. The molecule has 0 saturated carbocycles. The highest BCUT2D eigenvalue weighted by Gasteiger charge is 2.35. The Bertz CT molecular complexity index is 1040. The number of piperidine rings is 1. The molecular weight excluding hydrogens is 404 g/mol. The second-order valence-electron chi connectivity index (χ2n) is 8.82. The number of rotatable bonds is 5. The Morgan fingerprint density at radius 1 is 1.30 bits per heavy atom. The predicted molar refractivity (Wildman–Crippen MR) is 114 cm³/mol. The summed E-state index contributed by atoms with van der Waals surface area (Å²) in [5, 5.41) is 10.3. The topological polar surface area (TPSA) is 101 Å². The van der Waals surface area contributed by atoms with Crippen molar-refractivity contribution < 1.29 is 22.7 Å². The van der Waals surface area contributed by atoms with Gasteiger partial charge in [0.25, 0.3) is 5.91 Å². The van der Waals surface area contributed by atoms with Crippen LogP contribution in [0.15, 0.2) is 28.7 Å². The number of hydrogen-bond acceptors (Lipinski definition) is 6. The third-order valence-electron chi connectivity index (χ3n) is 5.55. The normalized spacial score (nSPS) is 20.4. The first kappa shape index (κ1) is 22.5. The van der Waals surface area contributed by atoms with Gasteiger partial charge in [0.15, 0.2) is 15.7 Å². The summed E-state index contributed by atoms with van der Waals surface area (Å²) in [5.41, 5.74) is 0.327. The number of aryl methyl sites for hydroxylation is 1. The fourth-order valence-corrected chi connectivity index (χ4v) is 4.86. The van der Waals surface area contributed by atoms with Crippen LogP contribution in [0.25, 0.3) is 0 Å². The van der Waals surface area contributed by atoms with Gasteiger partial charge in [-0.3, -0.25) is 4.79 Å². The van der Waals surface area contributed by atoms with E-state index in [9.17, 15) is 18.3 Å². The number of aromatic nitrogens is 1. The minimum Gasteiger partial charge on any atom is -0.445 e. The van der Waals surface area contributed by atoms with Crippen LogP contribution in [0.4, 0.5) is 0 Å². The summed E-state index contributed by atoms with van der Waals surface area (Å²) in [7, 11) is -3.27. The van der Waals surface area contributed by atoms with Crippen LogP contribution in [0.2, 0.25) is 0 Å². The van der Waals surface area contributed by atoms with E-state index in [4.69, 9.17) is 4.42 Å². The van der Waals surface area contributed by atoms with Crippen molar-refractivity contribution in [2.75, 3.05) is 12.8 Å². The van der Waals surface area contributed by atoms with Gasteiger partial charge >= 0.3 is 0 Å². The summed E-state index contributed by atoms with van der Waals surface area (Å²) >= 11 is 0. The Labute approximate surface area is 178 Å². The quantitative estimate of drug-likeness (QED) is 0.776. The van der Waals surface area contributed by atoms with Gasteiger partial charge in [-0.15, -0.1) is 0 Å². The van der Waals surface area contributed by atoms with Crippen LogP contribution in [0, 0.1) is 6.92 Å². The van der Waals surface area contributed by atoms with E-state index in [1.807, 2.05) is 6.92 Å². The minimum absolute atomic E-state index is 0.0184. The predicted octanol–water partition coefficient (Wildman–Crippen LogP) is 3.16. The maximum Gasteiger partial charge on any atom is 0.254 e. The molecule has 2 aromatic rings. The molecule has 0 unspecified atom stereocenters. The zero-order valence-electron chi connectivity index (χ0n) is 18.2. The number of likely N-dealkylation sites (tertiary alicyclic amines) is 1. The van der Waals surface area contributed by atoms with Crippen molar-refractivity contribution in [3.05, 3.63) is 52.7 Å². The molecule has 1 aromatic heterocycles. The van der Waals surface area contributed by atoms with Crippen LogP contribution >= 0.6 is 0 Å². The van der Waals surface area contributed by atoms with Gasteiger partial charge in [-0.25, -0.2) is 13.4 Å². The summed E-state index contributed by atoms with van der Waals surface area (Å²) in [6, 6.07) is 6.88. The van der Waals surface area contributed by atoms with E-state index < -0.39 is 15.4 Å². The highest BCUT2D eigenvalue weighted by Crippen LogP contribution is 2.34. The molecule has 1 aromatic carbocycles. The highest BCUT2D eigenvalue weighted by molar-refractivity contribution is 7.89. The van der Waals surface area contributed by atoms with Crippen LogP contribution in [-0.2, 0) is 21.2 Å². The highest BCUT2D eigenvalue weighted by atomic mass is 32.2. The molecule has 1 saturated heterocycles. The van der Waals surface area contributed by atoms with E-state index in [1.54, 1.807) is 49.9 Å². The lowest BCUT2D eigenvalue weighted by Crippen LogP contribution is -2.45. The monoisotopic (exact) mass is 434 g/mol. The molecule has 0 bridgehead atoms.